The van der Waals surface area contributed by atoms with E-state index in [-0.39, 0.29) is 18.6 Å². The van der Waals surface area contributed by atoms with Crippen LogP contribution >= 0.6 is 0 Å². The number of carbonyl (C=O) groups excluding carboxylic acids is 1. The van der Waals surface area contributed by atoms with Crippen LogP contribution in [-0.4, -0.2) is 43.2 Å². The summed E-state index contributed by atoms with van der Waals surface area (Å²) >= 11 is 0. The fraction of sp³-hybridized carbons (Fsp3) is 0.562. The minimum Gasteiger partial charge on any atom is -0.484 e. The third kappa shape index (κ3) is 3.97. The monoisotopic (exact) mass is 277 g/mol. The van der Waals surface area contributed by atoms with Crippen LogP contribution in [0.15, 0.2) is 24.3 Å². The van der Waals surface area contributed by atoms with Gasteiger partial charge < -0.3 is 14.4 Å². The fourth-order valence-corrected chi connectivity index (χ4v) is 2.24. The molecule has 110 valence electrons. The minimum absolute atomic E-state index is 0.0232. The summed E-state index contributed by atoms with van der Waals surface area (Å²) in [5.41, 5.74) is 1.22. The molecule has 0 aromatic heterocycles. The first kappa shape index (κ1) is 14.9. The Balaban J connectivity index is 1.88. The summed E-state index contributed by atoms with van der Waals surface area (Å²) in [7, 11) is 0. The van der Waals surface area contributed by atoms with Gasteiger partial charge in [0, 0.05) is 13.1 Å². The lowest BCUT2D eigenvalue weighted by Crippen LogP contribution is -2.46. The van der Waals surface area contributed by atoms with E-state index in [4.69, 9.17) is 9.47 Å². The summed E-state index contributed by atoms with van der Waals surface area (Å²) < 4.78 is 11.0. The van der Waals surface area contributed by atoms with Crippen LogP contribution in [0.5, 0.6) is 5.75 Å². The molecular formula is C16H23NO3. The largest absolute Gasteiger partial charge is 0.484 e. The number of hydrogen-bond donors (Lipinski definition) is 0. The lowest BCUT2D eigenvalue weighted by molar-refractivity contribution is -0.140. The smallest absolute Gasteiger partial charge is 0.260 e. The molecular weight excluding hydrogens is 254 g/mol. The van der Waals surface area contributed by atoms with Gasteiger partial charge in [-0.3, -0.25) is 4.79 Å². The molecule has 1 aliphatic rings. The van der Waals surface area contributed by atoms with E-state index >= 15 is 0 Å². The molecule has 1 aliphatic heterocycles. The second kappa shape index (κ2) is 6.75. The highest BCUT2D eigenvalue weighted by molar-refractivity contribution is 5.77. The van der Waals surface area contributed by atoms with Crippen molar-refractivity contribution in [2.24, 2.45) is 0 Å². The molecule has 0 N–H and O–H groups in total. The molecule has 1 fully saturated rings. The van der Waals surface area contributed by atoms with Crippen molar-refractivity contribution in [1.82, 2.24) is 4.90 Å². The van der Waals surface area contributed by atoms with Gasteiger partial charge in [0.1, 0.15) is 5.75 Å². The van der Waals surface area contributed by atoms with Gasteiger partial charge in [0.15, 0.2) is 6.61 Å². The Morgan fingerprint density at radius 1 is 1.50 bits per heavy atom. The maximum atomic E-state index is 12.1. The third-order valence-corrected chi connectivity index (χ3v) is 3.48. The van der Waals surface area contributed by atoms with Crippen molar-refractivity contribution < 1.29 is 14.3 Å². The van der Waals surface area contributed by atoms with Gasteiger partial charge in [-0.2, -0.15) is 0 Å². The van der Waals surface area contributed by atoms with E-state index in [2.05, 4.69) is 19.9 Å². The molecule has 0 bridgehead atoms. The topological polar surface area (TPSA) is 38.8 Å². The Hall–Kier alpha value is -1.55. The summed E-state index contributed by atoms with van der Waals surface area (Å²) in [5.74, 6) is 1.23. The normalized spacial score (nSPS) is 19.2. The average Bonchev–Trinajstić information content (AvgIpc) is 2.45. The number of amides is 1. The average molecular weight is 277 g/mol. The molecule has 4 nitrogen and oxygen atoms in total. The maximum Gasteiger partial charge on any atom is 0.260 e. The molecule has 1 aromatic carbocycles. The zero-order valence-corrected chi connectivity index (χ0v) is 12.5. The molecule has 2 rings (SSSR count). The van der Waals surface area contributed by atoms with Crippen molar-refractivity contribution in [1.29, 1.82) is 0 Å². The van der Waals surface area contributed by atoms with Gasteiger partial charge in [0.25, 0.3) is 5.91 Å². The van der Waals surface area contributed by atoms with Gasteiger partial charge in [-0.15, -0.1) is 0 Å². The van der Waals surface area contributed by atoms with Crippen LogP contribution in [-0.2, 0) is 9.53 Å². The number of hydrogen-bond acceptors (Lipinski definition) is 3. The first-order valence-electron chi connectivity index (χ1n) is 7.18. The van der Waals surface area contributed by atoms with Gasteiger partial charge in [-0.1, -0.05) is 26.0 Å². The minimum atomic E-state index is 0.0232. The zero-order chi connectivity index (χ0) is 14.5. The predicted molar refractivity (Wildman–Crippen MR) is 78.0 cm³/mol. The molecule has 0 radical (unpaired) electrons. The Labute approximate surface area is 120 Å². The van der Waals surface area contributed by atoms with E-state index in [9.17, 15) is 4.79 Å². The van der Waals surface area contributed by atoms with Crippen LogP contribution in [0.3, 0.4) is 0 Å². The van der Waals surface area contributed by atoms with Crippen molar-refractivity contribution in [2.45, 2.75) is 32.8 Å². The molecule has 1 aromatic rings. The molecule has 0 aliphatic carbocycles. The molecule has 1 atom stereocenters. The van der Waals surface area contributed by atoms with Gasteiger partial charge in [0.2, 0.25) is 0 Å². The molecule has 0 saturated carbocycles. The van der Waals surface area contributed by atoms with Crippen LogP contribution in [0.1, 0.15) is 32.3 Å². The second-order valence-corrected chi connectivity index (χ2v) is 5.54. The summed E-state index contributed by atoms with van der Waals surface area (Å²) in [6.45, 7) is 8.25. The molecule has 1 heterocycles. The number of benzene rings is 1. The Kier molecular flexibility index (Phi) is 5.01. The van der Waals surface area contributed by atoms with E-state index in [0.29, 0.717) is 25.6 Å². The van der Waals surface area contributed by atoms with Crippen LogP contribution in [0.2, 0.25) is 0 Å². The lowest BCUT2D eigenvalue weighted by Gasteiger charge is -2.31. The molecule has 4 heteroatoms. The Bertz CT molecular complexity index is 459. The van der Waals surface area contributed by atoms with Crippen molar-refractivity contribution in [3.05, 3.63) is 29.8 Å². The van der Waals surface area contributed by atoms with Gasteiger partial charge in [-0.25, -0.2) is 0 Å². The summed E-state index contributed by atoms with van der Waals surface area (Å²) in [6, 6.07) is 7.93. The highest BCUT2D eigenvalue weighted by atomic mass is 16.5. The van der Waals surface area contributed by atoms with Crippen molar-refractivity contribution >= 4 is 5.91 Å². The first-order chi connectivity index (χ1) is 9.56. The van der Waals surface area contributed by atoms with Crippen LogP contribution in [0.25, 0.3) is 0 Å². The highest BCUT2D eigenvalue weighted by Crippen LogP contribution is 2.20. The lowest BCUT2D eigenvalue weighted by atomic mass is 10.0. The predicted octanol–water partition coefficient (Wildman–Crippen LogP) is 2.44. The van der Waals surface area contributed by atoms with E-state index < -0.39 is 0 Å². The number of morpholine rings is 1. The van der Waals surface area contributed by atoms with Crippen molar-refractivity contribution in [3.63, 3.8) is 0 Å². The van der Waals surface area contributed by atoms with Crippen LogP contribution < -0.4 is 4.74 Å². The first-order valence-corrected chi connectivity index (χ1v) is 7.18. The van der Waals surface area contributed by atoms with Crippen molar-refractivity contribution in [2.75, 3.05) is 26.3 Å². The standard InChI is InChI=1S/C16H23NO3/c1-12(2)14-5-4-6-15(9-14)20-11-16(18)17-7-8-19-13(3)10-17/h4-6,9,12-13H,7-8,10-11H2,1-3H3. The fourth-order valence-electron chi connectivity index (χ4n) is 2.24. The summed E-state index contributed by atoms with van der Waals surface area (Å²) in [4.78, 5) is 13.9. The number of rotatable bonds is 4. The highest BCUT2D eigenvalue weighted by Gasteiger charge is 2.21. The van der Waals surface area contributed by atoms with E-state index in [1.165, 1.54) is 5.56 Å². The molecule has 20 heavy (non-hydrogen) atoms. The Morgan fingerprint density at radius 3 is 3.00 bits per heavy atom. The second-order valence-electron chi connectivity index (χ2n) is 5.54. The van der Waals surface area contributed by atoms with E-state index in [1.807, 2.05) is 25.1 Å². The van der Waals surface area contributed by atoms with E-state index in [1.54, 1.807) is 4.90 Å². The molecule has 1 unspecified atom stereocenters. The molecule has 1 amide bonds. The van der Waals surface area contributed by atoms with E-state index in [0.717, 1.165) is 5.75 Å². The van der Waals surface area contributed by atoms with Gasteiger partial charge in [-0.05, 0) is 30.5 Å². The molecule has 1 saturated heterocycles. The summed E-state index contributed by atoms with van der Waals surface area (Å²) in [5, 5.41) is 0. The number of nitrogens with zero attached hydrogens (tertiary/aromatic N) is 1. The van der Waals surface area contributed by atoms with Crippen LogP contribution in [0, 0.1) is 0 Å². The van der Waals surface area contributed by atoms with Gasteiger partial charge >= 0.3 is 0 Å². The summed E-state index contributed by atoms with van der Waals surface area (Å²) in [6.07, 6.45) is 0.108. The number of carbonyl (C=O) groups is 1. The zero-order valence-electron chi connectivity index (χ0n) is 12.5. The van der Waals surface area contributed by atoms with Crippen molar-refractivity contribution in [3.8, 4) is 5.75 Å². The number of ether oxygens (including phenoxy) is 2. The Morgan fingerprint density at radius 2 is 2.30 bits per heavy atom. The van der Waals surface area contributed by atoms with Gasteiger partial charge in [0.05, 0.1) is 12.7 Å². The molecule has 0 spiro atoms. The SMILES string of the molecule is CC1CN(C(=O)COc2cccc(C(C)C)c2)CCO1. The maximum absolute atomic E-state index is 12.1. The third-order valence-electron chi connectivity index (χ3n) is 3.48. The quantitative estimate of drug-likeness (QED) is 0.848. The van der Waals surface area contributed by atoms with Crippen LogP contribution in [0.4, 0.5) is 0 Å².